The molecule has 0 saturated heterocycles. The molecule has 2 saturated carbocycles. The van der Waals surface area contributed by atoms with Crippen molar-refractivity contribution >= 4 is 0 Å². The van der Waals surface area contributed by atoms with Crippen molar-refractivity contribution < 1.29 is 4.52 Å². The Hall–Kier alpha value is -0.860. The van der Waals surface area contributed by atoms with Crippen LogP contribution < -0.4 is 0 Å². The Labute approximate surface area is 83.9 Å². The lowest BCUT2D eigenvalue weighted by Gasteiger charge is -2.24. The lowest BCUT2D eigenvalue weighted by molar-refractivity contribution is 0.277. The van der Waals surface area contributed by atoms with Crippen molar-refractivity contribution in [3.05, 3.63) is 12.2 Å². The van der Waals surface area contributed by atoms with Gasteiger partial charge in [0.15, 0.2) is 6.33 Å². The first-order valence-electron chi connectivity index (χ1n) is 5.70. The van der Waals surface area contributed by atoms with E-state index in [1.54, 1.807) is 0 Å². The minimum atomic E-state index is 0.561. The highest BCUT2D eigenvalue weighted by Crippen LogP contribution is 2.48. The third-order valence-electron chi connectivity index (χ3n) is 3.97. The van der Waals surface area contributed by atoms with Gasteiger partial charge in [0.2, 0.25) is 5.89 Å². The SMILES string of the molecule is c1noc(C2CC3CCCC[C@@H]3C2)n1. The molecule has 1 aromatic heterocycles. The summed E-state index contributed by atoms with van der Waals surface area (Å²) in [5, 5.41) is 3.70. The summed E-state index contributed by atoms with van der Waals surface area (Å²) in [7, 11) is 0. The molecule has 2 aliphatic rings. The van der Waals surface area contributed by atoms with Crippen LogP contribution in [0.5, 0.6) is 0 Å². The molecule has 2 unspecified atom stereocenters. The summed E-state index contributed by atoms with van der Waals surface area (Å²) >= 11 is 0. The van der Waals surface area contributed by atoms with Crippen LogP contribution in [-0.2, 0) is 0 Å². The summed E-state index contributed by atoms with van der Waals surface area (Å²) in [5.41, 5.74) is 0. The molecule has 0 radical (unpaired) electrons. The zero-order chi connectivity index (χ0) is 9.38. The summed E-state index contributed by atoms with van der Waals surface area (Å²) in [6, 6.07) is 0. The summed E-state index contributed by atoms with van der Waals surface area (Å²) in [6.07, 6.45) is 9.80. The Bertz CT molecular complexity index is 282. The number of nitrogens with zero attached hydrogens (tertiary/aromatic N) is 2. The number of hydrogen-bond acceptors (Lipinski definition) is 3. The standard InChI is InChI=1S/C11H16N2O/c1-2-4-9-6-10(5-8(9)3-1)11-12-7-13-14-11/h7-10H,1-6H2/t8-,9?,10?/m1/s1. The van der Waals surface area contributed by atoms with Crippen LogP contribution >= 0.6 is 0 Å². The van der Waals surface area contributed by atoms with Crippen molar-refractivity contribution in [3.63, 3.8) is 0 Å². The van der Waals surface area contributed by atoms with Gasteiger partial charge in [0.05, 0.1) is 0 Å². The molecule has 0 spiro atoms. The maximum Gasteiger partial charge on any atom is 0.229 e. The normalized spacial score (nSPS) is 37.0. The van der Waals surface area contributed by atoms with Crippen LogP contribution in [-0.4, -0.2) is 10.1 Å². The van der Waals surface area contributed by atoms with Gasteiger partial charge in [-0.05, 0) is 24.7 Å². The molecular formula is C11H16N2O. The van der Waals surface area contributed by atoms with Gasteiger partial charge in [-0.2, -0.15) is 4.98 Å². The van der Waals surface area contributed by atoms with Crippen LogP contribution in [0.4, 0.5) is 0 Å². The van der Waals surface area contributed by atoms with Crippen LogP contribution in [0.1, 0.15) is 50.3 Å². The summed E-state index contributed by atoms with van der Waals surface area (Å²) in [4.78, 5) is 4.18. The van der Waals surface area contributed by atoms with Crippen molar-refractivity contribution in [2.45, 2.75) is 44.4 Å². The first-order chi connectivity index (χ1) is 6.93. The van der Waals surface area contributed by atoms with Gasteiger partial charge in [-0.3, -0.25) is 0 Å². The molecule has 2 fully saturated rings. The Balaban J connectivity index is 1.74. The van der Waals surface area contributed by atoms with Gasteiger partial charge in [0.25, 0.3) is 0 Å². The molecule has 3 heteroatoms. The van der Waals surface area contributed by atoms with Crippen LogP contribution in [0.25, 0.3) is 0 Å². The van der Waals surface area contributed by atoms with Gasteiger partial charge in [-0.1, -0.05) is 30.8 Å². The second kappa shape index (κ2) is 3.37. The fourth-order valence-electron chi connectivity index (χ4n) is 3.30. The van der Waals surface area contributed by atoms with Gasteiger partial charge in [0, 0.05) is 5.92 Å². The molecule has 0 aliphatic heterocycles. The minimum Gasteiger partial charge on any atom is -0.339 e. The van der Waals surface area contributed by atoms with Crippen LogP contribution in [0.2, 0.25) is 0 Å². The molecule has 3 rings (SSSR count). The van der Waals surface area contributed by atoms with Crippen molar-refractivity contribution in [2.75, 3.05) is 0 Å². The zero-order valence-corrected chi connectivity index (χ0v) is 8.35. The third kappa shape index (κ3) is 1.35. The lowest BCUT2D eigenvalue weighted by atomic mass is 9.82. The molecule has 0 bridgehead atoms. The second-order valence-electron chi connectivity index (χ2n) is 4.75. The molecule has 1 heterocycles. The molecule has 0 N–H and O–H groups in total. The monoisotopic (exact) mass is 192 g/mol. The Kier molecular flexibility index (Phi) is 2.03. The molecule has 0 amide bonds. The molecule has 1 aromatic rings. The predicted octanol–water partition coefficient (Wildman–Crippen LogP) is 2.75. The fourth-order valence-corrected chi connectivity index (χ4v) is 3.30. The van der Waals surface area contributed by atoms with Crippen LogP contribution in [0.15, 0.2) is 10.9 Å². The molecule has 3 atom stereocenters. The molecule has 2 aliphatic carbocycles. The zero-order valence-electron chi connectivity index (χ0n) is 8.35. The average molecular weight is 192 g/mol. The Morgan fingerprint density at radius 1 is 1.14 bits per heavy atom. The highest BCUT2D eigenvalue weighted by Gasteiger charge is 2.38. The number of hydrogen-bond donors (Lipinski definition) is 0. The maximum absolute atomic E-state index is 5.16. The fraction of sp³-hybridized carbons (Fsp3) is 0.818. The van der Waals surface area contributed by atoms with Gasteiger partial charge in [0.1, 0.15) is 0 Å². The molecule has 14 heavy (non-hydrogen) atoms. The topological polar surface area (TPSA) is 38.9 Å². The van der Waals surface area contributed by atoms with Gasteiger partial charge in [-0.25, -0.2) is 0 Å². The van der Waals surface area contributed by atoms with Crippen molar-refractivity contribution in [3.8, 4) is 0 Å². The van der Waals surface area contributed by atoms with Crippen molar-refractivity contribution in [1.29, 1.82) is 0 Å². The van der Waals surface area contributed by atoms with E-state index in [0.29, 0.717) is 5.92 Å². The Morgan fingerprint density at radius 3 is 2.43 bits per heavy atom. The molecule has 3 nitrogen and oxygen atoms in total. The first kappa shape index (κ1) is 8.45. The third-order valence-corrected chi connectivity index (χ3v) is 3.97. The van der Waals surface area contributed by atoms with E-state index in [2.05, 4.69) is 10.1 Å². The summed E-state index contributed by atoms with van der Waals surface area (Å²) in [6.45, 7) is 0. The smallest absolute Gasteiger partial charge is 0.229 e. The van der Waals surface area contributed by atoms with Crippen molar-refractivity contribution in [2.24, 2.45) is 11.8 Å². The number of fused-ring (bicyclic) bond motifs is 1. The molecule has 76 valence electrons. The highest BCUT2D eigenvalue weighted by atomic mass is 16.5. The highest BCUT2D eigenvalue weighted by molar-refractivity contribution is 4.99. The largest absolute Gasteiger partial charge is 0.339 e. The number of rotatable bonds is 1. The minimum absolute atomic E-state index is 0.561. The van der Waals surface area contributed by atoms with E-state index in [1.165, 1.54) is 44.9 Å². The van der Waals surface area contributed by atoms with Gasteiger partial charge >= 0.3 is 0 Å². The van der Waals surface area contributed by atoms with Crippen LogP contribution in [0.3, 0.4) is 0 Å². The van der Waals surface area contributed by atoms with E-state index >= 15 is 0 Å². The van der Waals surface area contributed by atoms with E-state index < -0.39 is 0 Å². The van der Waals surface area contributed by atoms with E-state index in [1.807, 2.05) is 0 Å². The molecular weight excluding hydrogens is 176 g/mol. The quantitative estimate of drug-likeness (QED) is 0.686. The number of aromatic nitrogens is 2. The van der Waals surface area contributed by atoms with E-state index in [9.17, 15) is 0 Å². The summed E-state index contributed by atoms with van der Waals surface area (Å²) < 4.78 is 5.16. The predicted molar refractivity (Wildman–Crippen MR) is 51.7 cm³/mol. The van der Waals surface area contributed by atoms with Crippen LogP contribution in [0, 0.1) is 11.8 Å². The maximum atomic E-state index is 5.16. The van der Waals surface area contributed by atoms with E-state index in [0.717, 1.165) is 17.7 Å². The van der Waals surface area contributed by atoms with E-state index in [4.69, 9.17) is 4.52 Å². The summed E-state index contributed by atoms with van der Waals surface area (Å²) in [5.74, 6) is 3.33. The van der Waals surface area contributed by atoms with Gasteiger partial charge < -0.3 is 4.52 Å². The average Bonchev–Trinajstić information content (AvgIpc) is 2.86. The first-order valence-corrected chi connectivity index (χ1v) is 5.70. The second-order valence-corrected chi connectivity index (χ2v) is 4.75. The Morgan fingerprint density at radius 2 is 1.86 bits per heavy atom. The lowest BCUT2D eigenvalue weighted by Crippen LogP contribution is -2.12. The van der Waals surface area contributed by atoms with E-state index in [-0.39, 0.29) is 0 Å². The molecule has 0 aromatic carbocycles. The van der Waals surface area contributed by atoms with Gasteiger partial charge in [-0.15, -0.1) is 0 Å². The van der Waals surface area contributed by atoms with Crippen molar-refractivity contribution in [1.82, 2.24) is 10.1 Å².